The van der Waals surface area contributed by atoms with Crippen molar-refractivity contribution in [1.29, 1.82) is 0 Å². The van der Waals surface area contributed by atoms with Crippen molar-refractivity contribution in [3.05, 3.63) is 54.0 Å². The smallest absolute Gasteiger partial charge is 0.319 e. The minimum Gasteiger partial charge on any atom is -0.492 e. The summed E-state index contributed by atoms with van der Waals surface area (Å²) in [6.07, 6.45) is 3.58. The SMILES string of the molecule is Cc1cc2c(Oc3ccc(NC(=O)NC4CC4)c(F)c3)ccnc2cc1OCCN1CCOCC1. The molecule has 0 unspecified atom stereocenters. The van der Waals surface area contributed by atoms with E-state index in [2.05, 4.69) is 20.5 Å². The molecule has 2 aromatic carbocycles. The van der Waals surface area contributed by atoms with Gasteiger partial charge in [-0.1, -0.05) is 0 Å². The molecule has 35 heavy (non-hydrogen) atoms. The van der Waals surface area contributed by atoms with Crippen molar-refractivity contribution in [3.8, 4) is 17.2 Å². The summed E-state index contributed by atoms with van der Waals surface area (Å²) in [4.78, 5) is 18.7. The number of anilines is 1. The second kappa shape index (κ2) is 10.5. The lowest BCUT2D eigenvalue weighted by Crippen LogP contribution is -2.38. The minimum atomic E-state index is -0.570. The van der Waals surface area contributed by atoms with Gasteiger partial charge in [-0.3, -0.25) is 9.88 Å². The molecule has 2 heterocycles. The normalized spacial score (nSPS) is 16.2. The van der Waals surface area contributed by atoms with Crippen molar-refractivity contribution >= 4 is 22.6 Å². The number of fused-ring (bicyclic) bond motifs is 1. The number of nitrogens with one attached hydrogen (secondary N) is 2. The number of amides is 2. The first-order valence-electron chi connectivity index (χ1n) is 11.9. The average molecular weight is 481 g/mol. The molecule has 8 nitrogen and oxygen atoms in total. The molecular formula is C26H29FN4O4. The van der Waals surface area contributed by atoms with Crippen LogP contribution in [0.2, 0.25) is 0 Å². The van der Waals surface area contributed by atoms with Gasteiger partial charge in [0.1, 0.15) is 29.7 Å². The van der Waals surface area contributed by atoms with Crippen molar-refractivity contribution in [1.82, 2.24) is 15.2 Å². The highest BCUT2D eigenvalue weighted by molar-refractivity contribution is 5.90. The summed E-state index contributed by atoms with van der Waals surface area (Å²) in [6.45, 7) is 6.78. The van der Waals surface area contributed by atoms with Gasteiger partial charge in [0, 0.05) is 49.4 Å². The maximum atomic E-state index is 14.6. The van der Waals surface area contributed by atoms with Gasteiger partial charge in [0.05, 0.1) is 24.4 Å². The van der Waals surface area contributed by atoms with E-state index in [0.29, 0.717) is 18.1 Å². The number of pyridine rings is 1. The summed E-state index contributed by atoms with van der Waals surface area (Å²) in [5.74, 6) is 1.09. The van der Waals surface area contributed by atoms with Gasteiger partial charge in [-0.25, -0.2) is 9.18 Å². The van der Waals surface area contributed by atoms with Crippen molar-refractivity contribution in [2.45, 2.75) is 25.8 Å². The number of hydrogen-bond donors (Lipinski definition) is 2. The summed E-state index contributed by atoms with van der Waals surface area (Å²) in [5, 5.41) is 6.11. The number of hydrogen-bond acceptors (Lipinski definition) is 6. The number of morpholine rings is 1. The van der Waals surface area contributed by atoms with Gasteiger partial charge in [-0.05, 0) is 49.6 Å². The third-order valence-corrected chi connectivity index (χ3v) is 6.10. The highest BCUT2D eigenvalue weighted by Gasteiger charge is 2.23. The van der Waals surface area contributed by atoms with Crippen LogP contribution in [0.5, 0.6) is 17.2 Å². The number of ether oxygens (including phenoxy) is 3. The standard InChI is InChI=1S/C26H29FN4O4/c1-17-14-20-23(16-25(17)34-13-10-31-8-11-33-12-9-31)28-7-6-24(20)35-19-4-5-22(21(27)15-19)30-26(32)29-18-2-3-18/h4-7,14-16,18H,2-3,8-13H2,1H3,(H2,29,30,32). The lowest BCUT2D eigenvalue weighted by molar-refractivity contribution is 0.0322. The van der Waals surface area contributed by atoms with Crippen LogP contribution >= 0.6 is 0 Å². The fraction of sp³-hybridized carbons (Fsp3) is 0.385. The zero-order valence-electron chi connectivity index (χ0n) is 19.7. The van der Waals surface area contributed by atoms with Gasteiger partial charge in [0.15, 0.2) is 0 Å². The van der Waals surface area contributed by atoms with Gasteiger partial charge >= 0.3 is 6.03 Å². The largest absolute Gasteiger partial charge is 0.492 e. The number of rotatable bonds is 8. The minimum absolute atomic E-state index is 0.102. The molecule has 2 fully saturated rings. The monoisotopic (exact) mass is 480 g/mol. The number of urea groups is 1. The van der Waals surface area contributed by atoms with Gasteiger partial charge in [0.25, 0.3) is 0 Å². The number of benzene rings is 2. The molecule has 0 radical (unpaired) electrons. The summed E-state index contributed by atoms with van der Waals surface area (Å²) in [7, 11) is 0. The molecule has 2 N–H and O–H groups in total. The van der Waals surface area contributed by atoms with E-state index in [4.69, 9.17) is 14.2 Å². The highest BCUT2D eigenvalue weighted by atomic mass is 19.1. The van der Waals surface area contributed by atoms with Crippen LogP contribution in [-0.2, 0) is 4.74 Å². The van der Waals surface area contributed by atoms with E-state index in [1.54, 1.807) is 18.3 Å². The first kappa shape index (κ1) is 23.3. The molecule has 2 amide bonds. The second-order valence-corrected chi connectivity index (χ2v) is 8.86. The zero-order valence-corrected chi connectivity index (χ0v) is 19.7. The fourth-order valence-electron chi connectivity index (χ4n) is 3.97. The van der Waals surface area contributed by atoms with Crippen LogP contribution in [0, 0.1) is 12.7 Å². The van der Waals surface area contributed by atoms with Crippen LogP contribution in [0.4, 0.5) is 14.9 Å². The van der Waals surface area contributed by atoms with Gasteiger partial charge in [0.2, 0.25) is 0 Å². The maximum absolute atomic E-state index is 14.6. The Labute approximate surface area is 203 Å². The predicted molar refractivity (Wildman–Crippen MR) is 131 cm³/mol. The highest BCUT2D eigenvalue weighted by Crippen LogP contribution is 2.34. The van der Waals surface area contributed by atoms with Crippen LogP contribution in [0.3, 0.4) is 0 Å². The summed E-state index contributed by atoms with van der Waals surface area (Å²) >= 11 is 0. The molecule has 184 valence electrons. The van der Waals surface area contributed by atoms with Gasteiger partial charge in [-0.2, -0.15) is 0 Å². The van der Waals surface area contributed by atoms with E-state index in [-0.39, 0.29) is 11.7 Å². The molecule has 1 aliphatic heterocycles. The van der Waals surface area contributed by atoms with E-state index in [0.717, 1.165) is 67.9 Å². The Balaban J connectivity index is 1.26. The van der Waals surface area contributed by atoms with Crippen molar-refractivity contribution < 1.29 is 23.4 Å². The first-order chi connectivity index (χ1) is 17.0. The molecule has 0 bridgehead atoms. The van der Waals surface area contributed by atoms with E-state index in [1.807, 2.05) is 19.1 Å². The van der Waals surface area contributed by atoms with E-state index in [9.17, 15) is 9.18 Å². The second-order valence-electron chi connectivity index (χ2n) is 8.86. The summed E-state index contributed by atoms with van der Waals surface area (Å²) < 4.78 is 32.0. The lowest BCUT2D eigenvalue weighted by Gasteiger charge is -2.26. The third-order valence-electron chi connectivity index (χ3n) is 6.10. The molecule has 9 heteroatoms. The number of aryl methyl sites for hydroxylation is 1. The molecule has 1 saturated carbocycles. The van der Waals surface area contributed by atoms with E-state index < -0.39 is 11.8 Å². The fourth-order valence-corrected chi connectivity index (χ4v) is 3.97. The molecule has 3 aromatic rings. The van der Waals surface area contributed by atoms with Crippen LogP contribution in [-0.4, -0.2) is 61.4 Å². The number of aromatic nitrogens is 1. The molecule has 1 aliphatic carbocycles. The van der Waals surface area contributed by atoms with Crippen molar-refractivity contribution in [2.24, 2.45) is 0 Å². The third kappa shape index (κ3) is 5.98. The summed E-state index contributed by atoms with van der Waals surface area (Å²) in [6, 6.07) is 9.78. The molecule has 0 atom stereocenters. The predicted octanol–water partition coefficient (Wildman–Crippen LogP) is 4.47. The maximum Gasteiger partial charge on any atom is 0.319 e. The quantitative estimate of drug-likeness (QED) is 0.495. The zero-order chi connectivity index (χ0) is 24.2. The first-order valence-corrected chi connectivity index (χ1v) is 11.9. The Morgan fingerprint density at radius 2 is 2.00 bits per heavy atom. The Morgan fingerprint density at radius 3 is 2.77 bits per heavy atom. The average Bonchev–Trinajstić information content (AvgIpc) is 3.66. The van der Waals surface area contributed by atoms with Crippen LogP contribution < -0.4 is 20.1 Å². The molecule has 5 rings (SSSR count). The molecular weight excluding hydrogens is 451 g/mol. The number of carbonyl (C=O) groups is 1. The van der Waals surface area contributed by atoms with Gasteiger partial charge < -0.3 is 24.8 Å². The molecule has 0 spiro atoms. The number of halogens is 1. The number of carbonyl (C=O) groups excluding carboxylic acids is 1. The van der Waals surface area contributed by atoms with E-state index in [1.165, 1.54) is 12.1 Å². The Hall–Kier alpha value is -3.43. The summed E-state index contributed by atoms with van der Waals surface area (Å²) in [5.41, 5.74) is 1.79. The number of nitrogens with zero attached hydrogens (tertiary/aromatic N) is 2. The van der Waals surface area contributed by atoms with E-state index >= 15 is 0 Å². The Kier molecular flexibility index (Phi) is 6.96. The topological polar surface area (TPSA) is 85.0 Å². The molecule has 1 aromatic heterocycles. The van der Waals surface area contributed by atoms with Crippen LogP contribution in [0.1, 0.15) is 18.4 Å². The van der Waals surface area contributed by atoms with Crippen LogP contribution in [0.15, 0.2) is 42.6 Å². The van der Waals surface area contributed by atoms with Crippen molar-refractivity contribution in [2.75, 3.05) is 44.8 Å². The Morgan fingerprint density at radius 1 is 1.17 bits per heavy atom. The van der Waals surface area contributed by atoms with Crippen LogP contribution in [0.25, 0.3) is 10.9 Å². The molecule has 1 saturated heterocycles. The van der Waals surface area contributed by atoms with Gasteiger partial charge in [-0.15, -0.1) is 0 Å². The van der Waals surface area contributed by atoms with Crippen molar-refractivity contribution in [3.63, 3.8) is 0 Å². The molecule has 2 aliphatic rings. The Bertz CT molecular complexity index is 1210. The lowest BCUT2D eigenvalue weighted by atomic mass is 10.1.